The molecule has 1 fully saturated rings. The van der Waals surface area contributed by atoms with Gasteiger partial charge in [-0.05, 0) is 42.7 Å². The highest BCUT2D eigenvalue weighted by atomic mass is 35.5. The Morgan fingerprint density at radius 3 is 2.60 bits per heavy atom. The third kappa shape index (κ3) is 5.11. The molecule has 4 nitrogen and oxygen atoms in total. The molecule has 1 saturated carbocycles. The number of halogens is 3. The van der Waals surface area contributed by atoms with Crippen LogP contribution in [-0.4, -0.2) is 29.2 Å². The van der Waals surface area contributed by atoms with Gasteiger partial charge in [0.25, 0.3) is 0 Å². The number of carbonyl (C=O) groups is 1. The lowest BCUT2D eigenvalue weighted by molar-refractivity contribution is -0.137. The standard InChI is InChI=1S/C23H23Cl3N2O2/c24-18-7-3-4-15(10-18)13-28(23(29)16-5-1-2-6-16)14-19-12-22(27-30-19)17-8-9-20(25)21(26)11-17/h3-4,7-11,16,19H,1-2,5-6,12-14H2. The summed E-state index contributed by atoms with van der Waals surface area (Å²) in [7, 11) is 0. The van der Waals surface area contributed by atoms with Crippen molar-refractivity contribution in [2.75, 3.05) is 6.54 Å². The first-order valence-corrected chi connectivity index (χ1v) is 11.3. The van der Waals surface area contributed by atoms with Gasteiger partial charge in [0.2, 0.25) is 5.91 Å². The van der Waals surface area contributed by atoms with Gasteiger partial charge in [-0.3, -0.25) is 4.79 Å². The average molecular weight is 466 g/mol. The van der Waals surface area contributed by atoms with Gasteiger partial charge in [-0.2, -0.15) is 0 Å². The molecule has 2 aromatic rings. The van der Waals surface area contributed by atoms with Crippen molar-refractivity contribution in [1.29, 1.82) is 0 Å². The fourth-order valence-corrected chi connectivity index (χ4v) is 4.65. The summed E-state index contributed by atoms with van der Waals surface area (Å²) < 4.78 is 0. The summed E-state index contributed by atoms with van der Waals surface area (Å²) in [6.07, 6.45) is 4.57. The van der Waals surface area contributed by atoms with E-state index in [1.54, 1.807) is 12.1 Å². The summed E-state index contributed by atoms with van der Waals surface area (Å²) in [6, 6.07) is 13.1. The van der Waals surface area contributed by atoms with Crippen molar-refractivity contribution in [2.45, 2.75) is 44.8 Å². The van der Waals surface area contributed by atoms with Crippen molar-refractivity contribution < 1.29 is 9.63 Å². The van der Waals surface area contributed by atoms with Crippen LogP contribution in [0.4, 0.5) is 0 Å². The lowest BCUT2D eigenvalue weighted by atomic mass is 10.0. The molecule has 2 aliphatic rings. The molecule has 4 rings (SSSR count). The topological polar surface area (TPSA) is 41.9 Å². The first-order valence-electron chi connectivity index (χ1n) is 10.2. The van der Waals surface area contributed by atoms with Crippen LogP contribution in [0, 0.1) is 5.92 Å². The third-order valence-electron chi connectivity index (χ3n) is 5.69. The van der Waals surface area contributed by atoms with Crippen LogP contribution >= 0.6 is 34.8 Å². The highest BCUT2D eigenvalue weighted by Gasteiger charge is 2.31. The summed E-state index contributed by atoms with van der Waals surface area (Å²) in [4.78, 5) is 20.8. The Morgan fingerprint density at radius 1 is 1.07 bits per heavy atom. The molecule has 1 aliphatic heterocycles. The molecule has 1 amide bonds. The van der Waals surface area contributed by atoms with E-state index in [1.165, 1.54) is 0 Å². The van der Waals surface area contributed by atoms with Crippen LogP contribution in [0.2, 0.25) is 15.1 Å². The zero-order valence-corrected chi connectivity index (χ0v) is 18.8. The van der Waals surface area contributed by atoms with Gasteiger partial charge in [-0.15, -0.1) is 0 Å². The van der Waals surface area contributed by atoms with E-state index in [0.29, 0.717) is 34.6 Å². The van der Waals surface area contributed by atoms with Crippen LogP contribution in [0.5, 0.6) is 0 Å². The Labute approximate surface area is 191 Å². The molecule has 1 aliphatic carbocycles. The average Bonchev–Trinajstić information content (AvgIpc) is 3.41. The van der Waals surface area contributed by atoms with Gasteiger partial charge in [-0.1, -0.05) is 71.0 Å². The summed E-state index contributed by atoms with van der Waals surface area (Å²) in [5, 5.41) is 5.91. The highest BCUT2D eigenvalue weighted by Crippen LogP contribution is 2.29. The van der Waals surface area contributed by atoms with Gasteiger partial charge in [0.15, 0.2) is 6.10 Å². The van der Waals surface area contributed by atoms with Gasteiger partial charge in [0, 0.05) is 29.5 Å². The van der Waals surface area contributed by atoms with Crippen molar-refractivity contribution in [3.8, 4) is 0 Å². The number of oxime groups is 1. The fraction of sp³-hybridized carbons (Fsp3) is 0.391. The van der Waals surface area contributed by atoms with Gasteiger partial charge in [0.05, 0.1) is 22.3 Å². The number of hydrogen-bond donors (Lipinski definition) is 0. The second-order valence-electron chi connectivity index (χ2n) is 7.93. The first-order chi connectivity index (χ1) is 14.5. The van der Waals surface area contributed by atoms with E-state index in [-0.39, 0.29) is 17.9 Å². The fourth-order valence-electron chi connectivity index (χ4n) is 4.14. The van der Waals surface area contributed by atoms with E-state index in [1.807, 2.05) is 35.2 Å². The lowest BCUT2D eigenvalue weighted by Crippen LogP contribution is -2.40. The van der Waals surface area contributed by atoms with Crippen LogP contribution in [0.25, 0.3) is 0 Å². The second kappa shape index (κ2) is 9.59. The monoisotopic (exact) mass is 464 g/mol. The number of hydrogen-bond acceptors (Lipinski definition) is 3. The van der Waals surface area contributed by atoms with Crippen molar-refractivity contribution in [1.82, 2.24) is 4.90 Å². The summed E-state index contributed by atoms with van der Waals surface area (Å²) in [5.74, 6) is 0.292. The molecular weight excluding hydrogens is 443 g/mol. The normalized spacial score (nSPS) is 18.9. The molecule has 7 heteroatoms. The van der Waals surface area contributed by atoms with E-state index in [2.05, 4.69) is 5.16 Å². The molecule has 1 heterocycles. The molecule has 0 radical (unpaired) electrons. The maximum Gasteiger partial charge on any atom is 0.226 e. The number of benzene rings is 2. The molecule has 0 saturated heterocycles. The minimum atomic E-state index is -0.195. The molecule has 1 atom stereocenters. The van der Waals surface area contributed by atoms with Gasteiger partial charge < -0.3 is 9.74 Å². The Hall–Kier alpha value is -1.75. The molecule has 30 heavy (non-hydrogen) atoms. The number of nitrogens with zero attached hydrogens (tertiary/aromatic N) is 2. The summed E-state index contributed by atoms with van der Waals surface area (Å²) in [5.41, 5.74) is 2.71. The Kier molecular flexibility index (Phi) is 6.87. The van der Waals surface area contributed by atoms with Crippen LogP contribution in [0.3, 0.4) is 0 Å². The minimum Gasteiger partial charge on any atom is -0.390 e. The van der Waals surface area contributed by atoms with Crippen molar-refractivity contribution in [3.63, 3.8) is 0 Å². The smallest absolute Gasteiger partial charge is 0.226 e. The van der Waals surface area contributed by atoms with E-state index in [4.69, 9.17) is 39.6 Å². The van der Waals surface area contributed by atoms with Crippen LogP contribution in [-0.2, 0) is 16.2 Å². The molecule has 0 spiro atoms. The third-order valence-corrected chi connectivity index (χ3v) is 6.66. The zero-order valence-electron chi connectivity index (χ0n) is 16.5. The maximum absolute atomic E-state index is 13.2. The second-order valence-corrected chi connectivity index (χ2v) is 9.18. The zero-order chi connectivity index (χ0) is 21.1. The van der Waals surface area contributed by atoms with E-state index < -0.39 is 0 Å². The molecule has 0 aromatic heterocycles. The predicted octanol–water partition coefficient (Wildman–Crippen LogP) is 6.36. The van der Waals surface area contributed by atoms with Crippen molar-refractivity contribution >= 4 is 46.4 Å². The number of carbonyl (C=O) groups excluding carboxylic acids is 1. The highest BCUT2D eigenvalue weighted by molar-refractivity contribution is 6.42. The Morgan fingerprint density at radius 2 is 1.87 bits per heavy atom. The Balaban J connectivity index is 1.46. The summed E-state index contributed by atoms with van der Waals surface area (Å²) >= 11 is 18.3. The van der Waals surface area contributed by atoms with Crippen molar-refractivity contribution in [2.24, 2.45) is 11.1 Å². The number of amides is 1. The SMILES string of the molecule is O=C(C1CCCC1)N(Cc1cccc(Cl)c1)CC1CC(c2ccc(Cl)c(Cl)c2)=NO1. The molecule has 0 N–H and O–H groups in total. The van der Waals surface area contributed by atoms with Gasteiger partial charge in [0.1, 0.15) is 0 Å². The quantitative estimate of drug-likeness (QED) is 0.498. The van der Waals surface area contributed by atoms with Gasteiger partial charge >= 0.3 is 0 Å². The Bertz CT molecular complexity index is 957. The van der Waals surface area contributed by atoms with E-state index in [9.17, 15) is 4.79 Å². The minimum absolute atomic E-state index is 0.0982. The van der Waals surface area contributed by atoms with Crippen LogP contribution < -0.4 is 0 Å². The molecule has 0 bridgehead atoms. The largest absolute Gasteiger partial charge is 0.390 e. The molecule has 158 valence electrons. The van der Waals surface area contributed by atoms with Gasteiger partial charge in [-0.25, -0.2) is 0 Å². The lowest BCUT2D eigenvalue weighted by Gasteiger charge is -2.27. The summed E-state index contributed by atoms with van der Waals surface area (Å²) in [6.45, 7) is 0.994. The molecule has 2 aromatic carbocycles. The number of rotatable bonds is 6. The van der Waals surface area contributed by atoms with Crippen LogP contribution in [0.1, 0.15) is 43.2 Å². The maximum atomic E-state index is 13.2. The van der Waals surface area contributed by atoms with Crippen LogP contribution in [0.15, 0.2) is 47.6 Å². The predicted molar refractivity (Wildman–Crippen MR) is 121 cm³/mol. The van der Waals surface area contributed by atoms with E-state index >= 15 is 0 Å². The van der Waals surface area contributed by atoms with Crippen molar-refractivity contribution in [3.05, 3.63) is 68.7 Å². The first kappa shape index (κ1) is 21.5. The van der Waals surface area contributed by atoms with E-state index in [0.717, 1.165) is 42.5 Å². The molecule has 1 unspecified atom stereocenters. The molecular formula is C23H23Cl3N2O2.